The van der Waals surface area contributed by atoms with Gasteiger partial charge in [-0.15, -0.1) is 0 Å². The van der Waals surface area contributed by atoms with E-state index in [0.717, 1.165) is 48.8 Å². The fourth-order valence-electron chi connectivity index (χ4n) is 3.78. The molecular weight excluding hydrogens is 248 g/mol. The lowest BCUT2D eigenvalue weighted by Crippen LogP contribution is -2.45. The van der Waals surface area contributed by atoms with Gasteiger partial charge in [0.1, 0.15) is 11.6 Å². The van der Waals surface area contributed by atoms with Gasteiger partial charge in [0.25, 0.3) is 0 Å². The first-order valence-corrected chi connectivity index (χ1v) is 7.73. The van der Waals surface area contributed by atoms with E-state index in [1.54, 1.807) is 0 Å². The maximum absolute atomic E-state index is 4.83. The van der Waals surface area contributed by atoms with Crippen LogP contribution >= 0.6 is 0 Å². The van der Waals surface area contributed by atoms with Crippen LogP contribution < -0.4 is 10.2 Å². The second-order valence-corrected chi connectivity index (χ2v) is 7.17. The third-order valence-electron chi connectivity index (χ3n) is 5.01. The molecular formula is C16H26N4. The van der Waals surface area contributed by atoms with Crippen LogP contribution in [0.3, 0.4) is 0 Å². The first-order chi connectivity index (χ1) is 9.39. The molecule has 0 aliphatic carbocycles. The first-order valence-electron chi connectivity index (χ1n) is 7.73. The quantitative estimate of drug-likeness (QED) is 0.899. The van der Waals surface area contributed by atoms with Crippen molar-refractivity contribution in [2.45, 2.75) is 46.1 Å². The van der Waals surface area contributed by atoms with Crippen molar-refractivity contribution in [2.75, 3.05) is 24.5 Å². The Morgan fingerprint density at radius 3 is 2.70 bits per heavy atom. The van der Waals surface area contributed by atoms with E-state index in [9.17, 15) is 0 Å². The Balaban J connectivity index is 1.97. The molecule has 3 rings (SSSR count). The standard InChI is InChI=1S/C16H26N4/c1-10(2)15-18-11(3)6-14(19-15)20-9-12-7-17-8-13(12)16(20,4)5/h6,10,12-13,17H,7-9H2,1-5H3. The van der Waals surface area contributed by atoms with E-state index < -0.39 is 0 Å². The summed E-state index contributed by atoms with van der Waals surface area (Å²) in [7, 11) is 0. The summed E-state index contributed by atoms with van der Waals surface area (Å²) in [6.07, 6.45) is 0. The van der Waals surface area contributed by atoms with Crippen molar-refractivity contribution in [3.05, 3.63) is 17.6 Å². The molecule has 2 fully saturated rings. The summed E-state index contributed by atoms with van der Waals surface area (Å²) < 4.78 is 0. The average molecular weight is 274 g/mol. The topological polar surface area (TPSA) is 41.0 Å². The molecule has 1 aromatic rings. The van der Waals surface area contributed by atoms with Crippen LogP contribution in [0.5, 0.6) is 0 Å². The highest BCUT2D eigenvalue weighted by Crippen LogP contribution is 2.42. The second kappa shape index (κ2) is 4.69. The zero-order chi connectivity index (χ0) is 14.5. The van der Waals surface area contributed by atoms with Crippen LogP contribution in [0, 0.1) is 18.8 Å². The van der Waals surface area contributed by atoms with Gasteiger partial charge < -0.3 is 10.2 Å². The molecule has 2 aliphatic rings. The molecule has 4 nitrogen and oxygen atoms in total. The van der Waals surface area contributed by atoms with Gasteiger partial charge >= 0.3 is 0 Å². The Hall–Kier alpha value is -1.16. The molecule has 3 heterocycles. The lowest BCUT2D eigenvalue weighted by molar-refractivity contribution is 0.356. The highest BCUT2D eigenvalue weighted by molar-refractivity contribution is 5.46. The van der Waals surface area contributed by atoms with Gasteiger partial charge in [-0.1, -0.05) is 13.8 Å². The lowest BCUT2D eigenvalue weighted by atomic mass is 9.85. The van der Waals surface area contributed by atoms with Crippen LogP contribution in [0.4, 0.5) is 5.82 Å². The van der Waals surface area contributed by atoms with Crippen molar-refractivity contribution in [1.82, 2.24) is 15.3 Å². The maximum Gasteiger partial charge on any atom is 0.133 e. The van der Waals surface area contributed by atoms with Gasteiger partial charge in [-0.05, 0) is 32.6 Å². The number of aromatic nitrogens is 2. The van der Waals surface area contributed by atoms with Crippen molar-refractivity contribution in [3.63, 3.8) is 0 Å². The lowest BCUT2D eigenvalue weighted by Gasteiger charge is -2.36. The number of nitrogens with zero attached hydrogens (tertiary/aromatic N) is 3. The van der Waals surface area contributed by atoms with Crippen molar-refractivity contribution in [2.24, 2.45) is 11.8 Å². The summed E-state index contributed by atoms with van der Waals surface area (Å²) in [4.78, 5) is 11.9. The van der Waals surface area contributed by atoms with Crippen LogP contribution in [-0.4, -0.2) is 35.1 Å². The molecule has 2 unspecified atom stereocenters. The summed E-state index contributed by atoms with van der Waals surface area (Å²) >= 11 is 0. The van der Waals surface area contributed by atoms with Gasteiger partial charge in [0.05, 0.1) is 0 Å². The minimum Gasteiger partial charge on any atom is -0.351 e. The molecule has 4 heteroatoms. The second-order valence-electron chi connectivity index (χ2n) is 7.17. The van der Waals surface area contributed by atoms with E-state index in [4.69, 9.17) is 4.98 Å². The van der Waals surface area contributed by atoms with Crippen molar-refractivity contribution >= 4 is 5.82 Å². The third-order valence-corrected chi connectivity index (χ3v) is 5.01. The third kappa shape index (κ3) is 2.10. The van der Waals surface area contributed by atoms with E-state index in [1.807, 2.05) is 0 Å². The van der Waals surface area contributed by atoms with E-state index in [2.05, 4.69) is 55.9 Å². The van der Waals surface area contributed by atoms with Gasteiger partial charge in [-0.25, -0.2) is 9.97 Å². The van der Waals surface area contributed by atoms with E-state index in [0.29, 0.717) is 5.92 Å². The highest BCUT2D eigenvalue weighted by Gasteiger charge is 2.50. The molecule has 1 aromatic heterocycles. The fraction of sp³-hybridized carbons (Fsp3) is 0.750. The summed E-state index contributed by atoms with van der Waals surface area (Å²) in [5.41, 5.74) is 1.24. The van der Waals surface area contributed by atoms with E-state index >= 15 is 0 Å². The Morgan fingerprint density at radius 2 is 2.05 bits per heavy atom. The first kappa shape index (κ1) is 13.8. The number of nitrogens with one attached hydrogen (secondary N) is 1. The SMILES string of the molecule is Cc1cc(N2CC3CNCC3C2(C)C)nc(C(C)C)n1. The monoisotopic (exact) mass is 274 g/mol. The predicted octanol–water partition coefficient (Wildman–Crippen LogP) is 2.34. The smallest absolute Gasteiger partial charge is 0.133 e. The Kier molecular flexibility index (Phi) is 3.24. The zero-order valence-corrected chi connectivity index (χ0v) is 13.3. The Morgan fingerprint density at radius 1 is 1.30 bits per heavy atom. The van der Waals surface area contributed by atoms with Crippen LogP contribution in [-0.2, 0) is 0 Å². The molecule has 2 saturated heterocycles. The van der Waals surface area contributed by atoms with Gasteiger partial charge in [0.15, 0.2) is 0 Å². The predicted molar refractivity (Wildman–Crippen MR) is 82.1 cm³/mol. The van der Waals surface area contributed by atoms with Gasteiger partial charge in [-0.3, -0.25) is 0 Å². The molecule has 2 atom stereocenters. The number of hydrogen-bond acceptors (Lipinski definition) is 4. The average Bonchev–Trinajstić information content (AvgIpc) is 2.91. The summed E-state index contributed by atoms with van der Waals surface area (Å²) in [6, 6.07) is 2.14. The zero-order valence-electron chi connectivity index (χ0n) is 13.3. The number of anilines is 1. The molecule has 2 aliphatic heterocycles. The molecule has 110 valence electrons. The van der Waals surface area contributed by atoms with Gasteiger partial charge in [-0.2, -0.15) is 0 Å². The molecule has 0 saturated carbocycles. The van der Waals surface area contributed by atoms with Crippen molar-refractivity contribution < 1.29 is 0 Å². The van der Waals surface area contributed by atoms with Crippen LogP contribution in [0.1, 0.15) is 45.1 Å². The van der Waals surface area contributed by atoms with Crippen LogP contribution in [0.2, 0.25) is 0 Å². The number of aryl methyl sites for hydroxylation is 1. The molecule has 0 aromatic carbocycles. The minimum absolute atomic E-state index is 0.170. The molecule has 1 N–H and O–H groups in total. The van der Waals surface area contributed by atoms with Crippen molar-refractivity contribution in [1.29, 1.82) is 0 Å². The summed E-state index contributed by atoms with van der Waals surface area (Å²) in [5, 5.41) is 3.53. The van der Waals surface area contributed by atoms with Gasteiger partial charge in [0.2, 0.25) is 0 Å². The fourth-order valence-corrected chi connectivity index (χ4v) is 3.78. The maximum atomic E-state index is 4.83. The molecule has 0 bridgehead atoms. The number of hydrogen-bond donors (Lipinski definition) is 1. The largest absolute Gasteiger partial charge is 0.351 e. The van der Waals surface area contributed by atoms with Crippen LogP contribution in [0.25, 0.3) is 0 Å². The summed E-state index contributed by atoms with van der Waals surface area (Å²) in [6.45, 7) is 14.5. The molecule has 0 radical (unpaired) electrons. The number of rotatable bonds is 2. The highest BCUT2D eigenvalue weighted by atomic mass is 15.3. The number of fused-ring (bicyclic) bond motifs is 1. The summed E-state index contributed by atoms with van der Waals surface area (Å²) in [5.74, 6) is 3.93. The van der Waals surface area contributed by atoms with E-state index in [1.165, 1.54) is 0 Å². The van der Waals surface area contributed by atoms with E-state index in [-0.39, 0.29) is 5.54 Å². The van der Waals surface area contributed by atoms with Crippen molar-refractivity contribution in [3.8, 4) is 0 Å². The molecule has 20 heavy (non-hydrogen) atoms. The Labute approximate surface area is 122 Å². The van der Waals surface area contributed by atoms with Gasteiger partial charge in [0, 0.05) is 42.9 Å². The molecule has 0 spiro atoms. The normalized spacial score (nSPS) is 28.2. The van der Waals surface area contributed by atoms with Crippen LogP contribution in [0.15, 0.2) is 6.07 Å². The minimum atomic E-state index is 0.170. The Bertz CT molecular complexity index is 509. The molecule has 0 amide bonds.